The SMILES string of the molecule is [CH-]=Cc1[c-]cccc1.[Os+2]. The summed E-state index contributed by atoms with van der Waals surface area (Å²) in [5.74, 6) is 0. The van der Waals surface area contributed by atoms with Crippen LogP contribution in [0.25, 0.3) is 6.08 Å². The molecular weight excluding hydrogens is 286 g/mol. The average Bonchev–Trinajstić information content (AvgIpc) is 1.90. The number of hydrogen-bond acceptors (Lipinski definition) is 0. The van der Waals surface area contributed by atoms with Crippen LogP contribution >= 0.6 is 0 Å². The van der Waals surface area contributed by atoms with Gasteiger partial charge in [0.15, 0.2) is 0 Å². The van der Waals surface area contributed by atoms with Crippen molar-refractivity contribution in [2.75, 3.05) is 0 Å². The third kappa shape index (κ3) is 2.58. The smallest absolute Gasteiger partial charge is 0.344 e. The van der Waals surface area contributed by atoms with Crippen molar-refractivity contribution in [3.05, 3.63) is 42.5 Å². The summed E-state index contributed by atoms with van der Waals surface area (Å²) in [6, 6.07) is 10.5. The second kappa shape index (κ2) is 4.47. The van der Waals surface area contributed by atoms with Gasteiger partial charge < -0.3 is 18.2 Å². The fourth-order valence-electron chi connectivity index (χ4n) is 0.511. The van der Waals surface area contributed by atoms with Crippen molar-refractivity contribution in [1.82, 2.24) is 0 Å². The summed E-state index contributed by atoms with van der Waals surface area (Å²) >= 11 is 0. The van der Waals surface area contributed by atoms with Gasteiger partial charge in [0.05, 0.1) is 0 Å². The van der Waals surface area contributed by atoms with Crippen LogP contribution in [-0.4, -0.2) is 0 Å². The molecule has 0 amide bonds. The Morgan fingerprint density at radius 1 is 1.44 bits per heavy atom. The van der Waals surface area contributed by atoms with Crippen LogP contribution in [-0.2, 0) is 19.8 Å². The Bertz CT molecular complexity index is 167. The van der Waals surface area contributed by atoms with Gasteiger partial charge in [-0.25, -0.2) is 12.1 Å². The molecule has 0 heterocycles. The van der Waals surface area contributed by atoms with Crippen molar-refractivity contribution in [3.8, 4) is 0 Å². The first-order valence-electron chi connectivity index (χ1n) is 2.45. The second-order valence-electron chi connectivity index (χ2n) is 1.48. The molecule has 0 aliphatic heterocycles. The number of rotatable bonds is 1. The normalized spacial score (nSPS) is 7.56. The van der Waals surface area contributed by atoms with E-state index in [1.807, 2.05) is 24.3 Å². The molecule has 0 unspecified atom stereocenters. The van der Waals surface area contributed by atoms with Crippen LogP contribution < -0.4 is 0 Å². The maximum absolute atomic E-state index is 5.19. The molecule has 1 heteroatoms. The van der Waals surface area contributed by atoms with Gasteiger partial charge in [0.25, 0.3) is 0 Å². The van der Waals surface area contributed by atoms with Gasteiger partial charge >= 0.3 is 19.8 Å². The molecule has 1 aromatic carbocycles. The second-order valence-corrected chi connectivity index (χ2v) is 1.48. The van der Waals surface area contributed by atoms with E-state index in [0.29, 0.717) is 0 Å². The monoisotopic (exact) mass is 294 g/mol. The predicted molar refractivity (Wildman–Crippen MR) is 34.0 cm³/mol. The molecule has 0 N–H and O–H groups in total. The van der Waals surface area contributed by atoms with Crippen LogP contribution in [0, 0.1) is 12.6 Å². The van der Waals surface area contributed by atoms with Gasteiger partial charge in [-0.2, -0.15) is 12.1 Å². The average molecular weight is 292 g/mol. The molecule has 9 heavy (non-hydrogen) atoms. The van der Waals surface area contributed by atoms with Gasteiger partial charge in [-0.05, 0) is 0 Å². The molecular formula is C8H6Os. The van der Waals surface area contributed by atoms with Crippen LogP contribution in [0.4, 0.5) is 0 Å². The summed E-state index contributed by atoms with van der Waals surface area (Å²) in [6.45, 7) is 5.19. The Morgan fingerprint density at radius 2 is 2.22 bits per heavy atom. The quantitative estimate of drug-likeness (QED) is 0.694. The third-order valence-corrected chi connectivity index (χ3v) is 0.913. The molecule has 0 fully saturated rings. The summed E-state index contributed by atoms with van der Waals surface area (Å²) in [5.41, 5.74) is 0.938. The van der Waals surface area contributed by atoms with Crippen LogP contribution in [0.2, 0.25) is 0 Å². The zero-order valence-electron chi connectivity index (χ0n) is 4.82. The van der Waals surface area contributed by atoms with Crippen LogP contribution in [0.5, 0.6) is 0 Å². The minimum Gasteiger partial charge on any atom is -0.344 e. The first-order chi connectivity index (χ1) is 3.93. The minimum atomic E-state index is 0. The molecule has 0 atom stereocenters. The fraction of sp³-hybridized carbons (Fsp3) is 0. The molecule has 0 saturated carbocycles. The van der Waals surface area contributed by atoms with E-state index in [-0.39, 0.29) is 19.8 Å². The van der Waals surface area contributed by atoms with E-state index in [0.717, 1.165) is 5.56 Å². The van der Waals surface area contributed by atoms with E-state index in [2.05, 4.69) is 6.07 Å². The molecule has 0 radical (unpaired) electrons. The summed E-state index contributed by atoms with van der Waals surface area (Å²) in [6.07, 6.45) is 1.53. The van der Waals surface area contributed by atoms with E-state index < -0.39 is 0 Å². The summed E-state index contributed by atoms with van der Waals surface area (Å²) < 4.78 is 0. The maximum atomic E-state index is 5.19. The molecule has 46 valence electrons. The van der Waals surface area contributed by atoms with E-state index in [4.69, 9.17) is 6.58 Å². The van der Waals surface area contributed by atoms with E-state index >= 15 is 0 Å². The van der Waals surface area contributed by atoms with E-state index in [1.165, 1.54) is 6.08 Å². The standard InChI is InChI=1S/C8H6.Os/c1-2-8-6-4-3-5-7-8;/h1-6H;/q-2;+2. The maximum Gasteiger partial charge on any atom is 2.00 e. The van der Waals surface area contributed by atoms with Gasteiger partial charge in [0.1, 0.15) is 0 Å². The van der Waals surface area contributed by atoms with E-state index in [1.54, 1.807) is 0 Å². The Hall–Kier alpha value is -0.404. The third-order valence-electron chi connectivity index (χ3n) is 0.913. The van der Waals surface area contributed by atoms with Crippen molar-refractivity contribution in [2.24, 2.45) is 0 Å². The Balaban J connectivity index is 0.000000640. The first kappa shape index (κ1) is 8.60. The number of benzene rings is 1. The van der Waals surface area contributed by atoms with Gasteiger partial charge in [-0.3, -0.25) is 0 Å². The van der Waals surface area contributed by atoms with Gasteiger partial charge in [-0.15, -0.1) is 6.07 Å². The van der Waals surface area contributed by atoms with E-state index in [9.17, 15) is 0 Å². The Morgan fingerprint density at radius 3 is 2.56 bits per heavy atom. The summed E-state index contributed by atoms with van der Waals surface area (Å²) in [5, 5.41) is 0. The van der Waals surface area contributed by atoms with Crippen LogP contribution in [0.1, 0.15) is 5.56 Å². The molecule has 0 nitrogen and oxygen atoms in total. The predicted octanol–water partition coefficient (Wildman–Crippen LogP) is 1.93. The first-order valence-corrected chi connectivity index (χ1v) is 2.45. The molecule has 0 aliphatic rings. The largest absolute Gasteiger partial charge is 2.00 e. The summed E-state index contributed by atoms with van der Waals surface area (Å²) in [7, 11) is 0. The van der Waals surface area contributed by atoms with Crippen LogP contribution in [0.3, 0.4) is 0 Å². The zero-order chi connectivity index (χ0) is 5.82. The van der Waals surface area contributed by atoms with Gasteiger partial charge in [0, 0.05) is 0 Å². The van der Waals surface area contributed by atoms with Crippen LogP contribution in [0.15, 0.2) is 24.3 Å². The van der Waals surface area contributed by atoms with Crippen molar-refractivity contribution < 1.29 is 19.8 Å². The molecule has 0 aliphatic carbocycles. The molecule has 0 saturated heterocycles. The summed E-state index contributed by atoms with van der Waals surface area (Å²) in [4.78, 5) is 0. The Kier molecular flexibility index (Phi) is 4.27. The van der Waals surface area contributed by atoms with Crippen molar-refractivity contribution in [2.45, 2.75) is 0 Å². The molecule has 1 rings (SSSR count). The van der Waals surface area contributed by atoms with Gasteiger partial charge in [-0.1, -0.05) is 0 Å². The molecule has 0 bridgehead atoms. The molecule has 0 aromatic heterocycles. The fourth-order valence-corrected chi connectivity index (χ4v) is 0.511. The Labute approximate surface area is 68.7 Å². The number of hydrogen-bond donors (Lipinski definition) is 0. The van der Waals surface area contributed by atoms with Gasteiger partial charge in [0.2, 0.25) is 0 Å². The minimum absolute atomic E-state index is 0. The molecule has 0 spiro atoms. The van der Waals surface area contributed by atoms with Crippen molar-refractivity contribution in [1.29, 1.82) is 0 Å². The topological polar surface area (TPSA) is 0 Å². The van der Waals surface area contributed by atoms with Crippen molar-refractivity contribution in [3.63, 3.8) is 0 Å². The zero-order valence-corrected chi connectivity index (χ0v) is 7.36. The van der Waals surface area contributed by atoms with Crippen molar-refractivity contribution >= 4 is 6.08 Å². The molecule has 1 aromatic rings.